The minimum atomic E-state index is -1.15. The Morgan fingerprint density at radius 3 is 2.17 bits per heavy atom. The fraction of sp³-hybridized carbons (Fsp3) is 0.229. The zero-order chi connectivity index (χ0) is 29.3. The van der Waals surface area contributed by atoms with Gasteiger partial charge in [-0.25, -0.2) is 4.79 Å². The lowest BCUT2D eigenvalue weighted by molar-refractivity contribution is -0.187. The topological polar surface area (TPSA) is 66.5 Å². The second kappa shape index (κ2) is 11.2. The number of fused-ring (bicyclic) bond motifs is 3. The van der Waals surface area contributed by atoms with Crippen molar-refractivity contribution < 1.29 is 28.5 Å². The largest absolute Gasteiger partial charge is 0.497 e. The molecule has 214 valence electrons. The van der Waals surface area contributed by atoms with Gasteiger partial charge in [0.25, 0.3) is 5.79 Å². The molecule has 0 aliphatic carbocycles. The molecule has 0 N–H and O–H groups in total. The molecule has 0 saturated heterocycles. The summed E-state index contributed by atoms with van der Waals surface area (Å²) in [5, 5.41) is 0. The maximum absolute atomic E-state index is 12.4. The van der Waals surface area contributed by atoms with Gasteiger partial charge < -0.3 is 28.6 Å². The number of carbonyl (C=O) groups excluding carboxylic acids is 1. The molecule has 7 heteroatoms. The highest BCUT2D eigenvalue weighted by atomic mass is 16.7. The fourth-order valence-electron chi connectivity index (χ4n) is 5.68. The van der Waals surface area contributed by atoms with E-state index in [1.54, 1.807) is 34.4 Å². The predicted molar refractivity (Wildman–Crippen MR) is 160 cm³/mol. The Hall–Kier alpha value is -4.91. The Bertz CT molecular complexity index is 1610. The van der Waals surface area contributed by atoms with Gasteiger partial charge in [0.1, 0.15) is 28.7 Å². The van der Waals surface area contributed by atoms with Gasteiger partial charge in [0, 0.05) is 37.2 Å². The molecule has 0 aromatic heterocycles. The molecule has 0 unspecified atom stereocenters. The molecule has 0 saturated carbocycles. The van der Waals surface area contributed by atoms with Crippen molar-refractivity contribution in [1.82, 2.24) is 4.90 Å². The molecule has 4 aromatic carbocycles. The van der Waals surface area contributed by atoms with Gasteiger partial charge in [0.05, 0.1) is 20.1 Å². The number of nitrogens with zero attached hydrogens (tertiary/aromatic N) is 1. The van der Waals surface area contributed by atoms with E-state index in [0.29, 0.717) is 11.5 Å². The van der Waals surface area contributed by atoms with Crippen molar-refractivity contribution in [3.63, 3.8) is 0 Å². The molecule has 4 aromatic rings. The summed E-state index contributed by atoms with van der Waals surface area (Å²) in [4.78, 5) is 13.8. The number of amides is 1. The van der Waals surface area contributed by atoms with Crippen LogP contribution in [0.3, 0.4) is 0 Å². The van der Waals surface area contributed by atoms with Gasteiger partial charge >= 0.3 is 6.09 Å². The Morgan fingerprint density at radius 2 is 1.48 bits per heavy atom. The van der Waals surface area contributed by atoms with Gasteiger partial charge in [0.15, 0.2) is 0 Å². The van der Waals surface area contributed by atoms with Gasteiger partial charge in [-0.1, -0.05) is 48.6 Å². The molecule has 42 heavy (non-hydrogen) atoms. The lowest BCUT2D eigenvalue weighted by Gasteiger charge is -2.50. The Labute approximate surface area is 245 Å². The summed E-state index contributed by atoms with van der Waals surface area (Å²) in [6.07, 6.45) is 4.61. The fourth-order valence-corrected chi connectivity index (χ4v) is 5.68. The van der Waals surface area contributed by atoms with Crippen LogP contribution in [0.15, 0.2) is 97.1 Å². The average Bonchev–Trinajstić information content (AvgIpc) is 3.02. The lowest BCUT2D eigenvalue weighted by Crippen LogP contribution is -2.53. The molecular weight excluding hydrogens is 530 g/mol. The van der Waals surface area contributed by atoms with Gasteiger partial charge in [-0.2, -0.15) is 0 Å². The van der Waals surface area contributed by atoms with E-state index in [4.69, 9.17) is 23.7 Å². The van der Waals surface area contributed by atoms with Gasteiger partial charge in [-0.15, -0.1) is 0 Å². The Morgan fingerprint density at radius 1 is 0.833 bits per heavy atom. The first-order valence-electron chi connectivity index (χ1n) is 13.9. The average molecular weight is 564 g/mol. The highest BCUT2D eigenvalue weighted by Crippen LogP contribution is 2.56. The van der Waals surface area contributed by atoms with E-state index < -0.39 is 11.9 Å². The second-order valence-electron chi connectivity index (χ2n) is 10.6. The normalized spacial score (nSPS) is 20.3. The molecule has 6 rings (SSSR count). The first-order chi connectivity index (χ1) is 20.4. The van der Waals surface area contributed by atoms with E-state index in [0.717, 1.165) is 45.9 Å². The first-order valence-corrected chi connectivity index (χ1v) is 13.9. The summed E-state index contributed by atoms with van der Waals surface area (Å²) >= 11 is 0. The minimum absolute atomic E-state index is 0.0927. The summed E-state index contributed by atoms with van der Waals surface area (Å²) in [7, 11) is 6.60. The van der Waals surface area contributed by atoms with E-state index >= 15 is 0 Å². The standard InChI is InChI=1S/C35H33NO6/c1-36(2)34(37)40-28-18-20-30-29(19-11-23-9-14-26(38-3)15-10-23)31-21-24-7-5-6-8-32(24)41-35(31,42-33(30)22-28)25-12-16-27(39-4)17-13-25/h5-20,22,29,31H,21H2,1-4H3/b19-11+/t29-,31+,35-/m0/s1. The van der Waals surface area contributed by atoms with Gasteiger partial charge in [0.2, 0.25) is 0 Å². The van der Waals surface area contributed by atoms with Crippen molar-refractivity contribution in [2.45, 2.75) is 18.1 Å². The van der Waals surface area contributed by atoms with E-state index in [1.807, 2.05) is 78.9 Å². The van der Waals surface area contributed by atoms with Gasteiger partial charge in [-0.05, 0) is 66.1 Å². The number of methoxy groups -OCH3 is 2. The highest BCUT2D eigenvalue weighted by Gasteiger charge is 2.55. The Balaban J connectivity index is 1.50. The van der Waals surface area contributed by atoms with Crippen LogP contribution in [0.2, 0.25) is 0 Å². The summed E-state index contributed by atoms with van der Waals surface area (Å²) in [5.74, 6) is 1.96. The number of ether oxygens (including phenoxy) is 5. The van der Waals surface area contributed by atoms with Crippen LogP contribution >= 0.6 is 0 Å². The van der Waals surface area contributed by atoms with E-state index in [1.165, 1.54) is 4.90 Å². The monoisotopic (exact) mass is 563 g/mol. The maximum atomic E-state index is 12.4. The third-order valence-electron chi connectivity index (χ3n) is 7.88. The second-order valence-corrected chi connectivity index (χ2v) is 10.6. The highest BCUT2D eigenvalue weighted by molar-refractivity contribution is 5.70. The van der Waals surface area contributed by atoms with Crippen molar-refractivity contribution in [2.75, 3.05) is 28.3 Å². The number of benzene rings is 4. The first kappa shape index (κ1) is 27.3. The van der Waals surface area contributed by atoms with Crippen LogP contribution in [-0.4, -0.2) is 39.3 Å². The molecule has 2 heterocycles. The molecule has 0 fully saturated rings. The molecule has 0 spiro atoms. The number of hydrogen-bond donors (Lipinski definition) is 0. The number of allylic oxidation sites excluding steroid dienone is 1. The molecule has 2 aliphatic rings. The number of hydrogen-bond acceptors (Lipinski definition) is 6. The summed E-state index contributed by atoms with van der Waals surface area (Å²) in [6, 6.07) is 29.4. The van der Waals surface area contributed by atoms with Crippen molar-refractivity contribution in [1.29, 1.82) is 0 Å². The van der Waals surface area contributed by atoms with Crippen LogP contribution in [0, 0.1) is 5.92 Å². The SMILES string of the molecule is COc1ccc(/C=C/[C@H]2c3ccc(OC(=O)N(C)C)cc3O[C@]3(c4ccc(OC)cc4)Oc4ccccc4C[C@H]23)cc1. The zero-order valence-corrected chi connectivity index (χ0v) is 24.1. The summed E-state index contributed by atoms with van der Waals surface area (Å²) < 4.78 is 30.2. The van der Waals surface area contributed by atoms with Crippen LogP contribution in [0.25, 0.3) is 6.08 Å². The molecule has 0 radical (unpaired) electrons. The van der Waals surface area contributed by atoms with Crippen LogP contribution in [-0.2, 0) is 12.2 Å². The van der Waals surface area contributed by atoms with Crippen LogP contribution in [0.4, 0.5) is 4.79 Å². The van der Waals surface area contributed by atoms with Crippen molar-refractivity contribution >= 4 is 12.2 Å². The quantitative estimate of drug-likeness (QED) is 0.250. The third kappa shape index (κ3) is 5.02. The minimum Gasteiger partial charge on any atom is -0.497 e. The third-order valence-corrected chi connectivity index (χ3v) is 7.88. The van der Waals surface area contributed by atoms with Crippen molar-refractivity contribution in [3.05, 3.63) is 119 Å². The van der Waals surface area contributed by atoms with E-state index in [2.05, 4.69) is 18.2 Å². The van der Waals surface area contributed by atoms with E-state index in [-0.39, 0.29) is 11.8 Å². The van der Waals surface area contributed by atoms with Gasteiger partial charge in [-0.3, -0.25) is 0 Å². The Kier molecular flexibility index (Phi) is 7.25. The van der Waals surface area contributed by atoms with Crippen LogP contribution in [0.5, 0.6) is 28.7 Å². The number of carbonyl (C=O) groups is 1. The molecule has 2 aliphatic heterocycles. The molecule has 3 atom stereocenters. The van der Waals surface area contributed by atoms with Crippen molar-refractivity contribution in [3.8, 4) is 28.7 Å². The van der Waals surface area contributed by atoms with Crippen LogP contribution < -0.4 is 23.7 Å². The molecular formula is C35H33NO6. The molecule has 1 amide bonds. The van der Waals surface area contributed by atoms with Crippen LogP contribution in [0.1, 0.15) is 28.2 Å². The summed E-state index contributed by atoms with van der Waals surface area (Å²) in [5.41, 5.74) is 4.03. The smallest absolute Gasteiger partial charge is 0.414 e. The lowest BCUT2D eigenvalue weighted by atomic mass is 9.71. The van der Waals surface area contributed by atoms with Crippen molar-refractivity contribution in [2.24, 2.45) is 5.92 Å². The molecule has 7 nitrogen and oxygen atoms in total. The molecule has 0 bridgehead atoms. The number of para-hydroxylation sites is 1. The predicted octanol–water partition coefficient (Wildman–Crippen LogP) is 7.06. The van der Waals surface area contributed by atoms with E-state index in [9.17, 15) is 4.79 Å². The maximum Gasteiger partial charge on any atom is 0.414 e. The summed E-state index contributed by atoms with van der Waals surface area (Å²) in [6.45, 7) is 0. The zero-order valence-electron chi connectivity index (χ0n) is 24.1. The number of rotatable bonds is 6.